The Bertz CT molecular complexity index is 1270. The third-order valence-corrected chi connectivity index (χ3v) is 8.79. The van der Waals surface area contributed by atoms with E-state index >= 15 is 0 Å². The Hall–Kier alpha value is -2.04. The molecule has 0 saturated carbocycles. The lowest BCUT2D eigenvalue weighted by atomic mass is 9.96. The molecule has 6 heteroatoms. The highest BCUT2D eigenvalue weighted by molar-refractivity contribution is 6.43. The van der Waals surface area contributed by atoms with Gasteiger partial charge in [0.25, 0.3) is 0 Å². The fraction of sp³-hybridized carbons (Fsp3) is 0.588. The minimum Gasteiger partial charge on any atom is -0.487 e. The predicted molar refractivity (Wildman–Crippen MR) is 171 cm³/mol. The van der Waals surface area contributed by atoms with Crippen LogP contribution in [-0.4, -0.2) is 22.4 Å². The number of benzene rings is 3. The van der Waals surface area contributed by atoms with Crippen LogP contribution in [-0.2, 0) is 0 Å². The van der Waals surface area contributed by atoms with E-state index in [1.54, 1.807) is 0 Å². The number of hydrogen-bond acceptors (Lipinski definition) is 4. The molecular weight excluding hydrogens is 543 g/mol. The van der Waals surface area contributed by atoms with Crippen LogP contribution in [0.1, 0.15) is 109 Å². The first-order valence-electron chi connectivity index (χ1n) is 14.6. The summed E-state index contributed by atoms with van der Waals surface area (Å²) in [7, 11) is 0. The molecule has 0 bridgehead atoms. The first-order valence-corrected chi connectivity index (χ1v) is 15.3. The maximum Gasteiger partial charge on any atom is 0.139 e. The molecule has 0 unspecified atom stereocenters. The fourth-order valence-corrected chi connectivity index (χ4v) is 4.35. The van der Waals surface area contributed by atoms with Crippen LogP contribution in [0.15, 0.2) is 24.3 Å². The van der Waals surface area contributed by atoms with Crippen LogP contribution in [0.2, 0.25) is 10.0 Å². The lowest BCUT2D eigenvalue weighted by molar-refractivity contribution is 0.0960. The van der Waals surface area contributed by atoms with Crippen molar-refractivity contribution in [2.75, 3.05) is 0 Å². The van der Waals surface area contributed by atoms with Gasteiger partial charge < -0.3 is 18.9 Å². The molecule has 3 aromatic rings. The maximum atomic E-state index is 6.89. The van der Waals surface area contributed by atoms with Gasteiger partial charge in [0.05, 0.1) is 20.8 Å². The van der Waals surface area contributed by atoms with E-state index in [-0.39, 0.29) is 0 Å². The van der Waals surface area contributed by atoms with Crippen molar-refractivity contribution in [2.24, 2.45) is 0 Å². The van der Waals surface area contributed by atoms with Crippen molar-refractivity contribution in [1.29, 1.82) is 0 Å². The number of hydrogen-bond donors (Lipinski definition) is 0. The number of halogens is 2. The molecule has 0 aliphatic rings. The molecule has 0 saturated heterocycles. The zero-order valence-corrected chi connectivity index (χ0v) is 28.0. The van der Waals surface area contributed by atoms with Gasteiger partial charge in [-0.05, 0) is 105 Å². The van der Waals surface area contributed by atoms with Crippen molar-refractivity contribution in [2.45, 2.75) is 131 Å². The molecule has 0 heterocycles. The van der Waals surface area contributed by atoms with Crippen molar-refractivity contribution >= 4 is 44.7 Å². The number of fused-ring (bicyclic) bond motifs is 2. The standard InChI is InChI=1S/C34H48Cl2O4/c1-13-31(5,6)37-25-17-18-26(38-32(7,8)14-2)28-27(25)29(39-33(9,10)15-3)21-19-23(35)24(36)20-22(21)30(28)40-34(11,12)16-4/h17-20H,13-16H2,1-12H3. The molecule has 0 N–H and O–H groups in total. The van der Waals surface area contributed by atoms with E-state index in [4.69, 9.17) is 42.1 Å². The first-order chi connectivity index (χ1) is 18.4. The first kappa shape index (κ1) is 32.5. The summed E-state index contributed by atoms with van der Waals surface area (Å²) in [5, 5.41) is 4.14. The molecule has 0 aliphatic carbocycles. The molecule has 0 radical (unpaired) electrons. The highest BCUT2D eigenvalue weighted by Crippen LogP contribution is 2.54. The second-order valence-corrected chi connectivity index (χ2v) is 14.0. The Kier molecular flexibility index (Phi) is 9.48. The van der Waals surface area contributed by atoms with E-state index in [0.29, 0.717) is 33.0 Å². The van der Waals surface area contributed by atoms with Crippen LogP contribution in [0, 0.1) is 0 Å². The van der Waals surface area contributed by atoms with Crippen LogP contribution in [0.3, 0.4) is 0 Å². The molecular formula is C34H48Cl2O4. The van der Waals surface area contributed by atoms with Crippen LogP contribution >= 0.6 is 23.2 Å². The van der Waals surface area contributed by atoms with Crippen LogP contribution in [0.25, 0.3) is 21.5 Å². The second-order valence-electron chi connectivity index (χ2n) is 13.1. The number of rotatable bonds is 12. The minimum absolute atomic E-state index is 0.411. The van der Waals surface area contributed by atoms with Crippen molar-refractivity contribution in [3.05, 3.63) is 34.3 Å². The molecule has 0 atom stereocenters. The molecule has 0 aromatic heterocycles. The fourth-order valence-electron chi connectivity index (χ4n) is 4.03. The zero-order valence-electron chi connectivity index (χ0n) is 26.5. The molecule has 0 aliphatic heterocycles. The lowest BCUT2D eigenvalue weighted by Gasteiger charge is -2.34. The average molecular weight is 592 g/mol. The third-order valence-electron chi connectivity index (χ3n) is 8.07. The van der Waals surface area contributed by atoms with E-state index < -0.39 is 22.4 Å². The quantitative estimate of drug-likeness (QED) is 0.196. The molecule has 3 aromatic carbocycles. The van der Waals surface area contributed by atoms with E-state index in [9.17, 15) is 0 Å². The molecule has 0 fully saturated rings. The summed E-state index contributed by atoms with van der Waals surface area (Å²) in [6.45, 7) is 25.2. The third kappa shape index (κ3) is 7.05. The van der Waals surface area contributed by atoms with Gasteiger partial charge in [-0.15, -0.1) is 0 Å². The normalized spacial score (nSPS) is 13.2. The number of ether oxygens (including phenoxy) is 4. The Morgan fingerprint density at radius 2 is 0.775 bits per heavy atom. The maximum absolute atomic E-state index is 6.89. The summed E-state index contributed by atoms with van der Waals surface area (Å²) in [5.41, 5.74) is -1.75. The van der Waals surface area contributed by atoms with Gasteiger partial charge in [0.2, 0.25) is 0 Å². The van der Waals surface area contributed by atoms with Gasteiger partial charge in [-0.1, -0.05) is 50.9 Å². The molecule has 0 spiro atoms. The monoisotopic (exact) mass is 590 g/mol. The van der Waals surface area contributed by atoms with Crippen molar-refractivity contribution in [3.8, 4) is 23.0 Å². The van der Waals surface area contributed by atoms with Gasteiger partial charge in [0, 0.05) is 10.8 Å². The van der Waals surface area contributed by atoms with Crippen LogP contribution < -0.4 is 18.9 Å². The molecule has 40 heavy (non-hydrogen) atoms. The lowest BCUT2D eigenvalue weighted by Crippen LogP contribution is -2.30. The van der Waals surface area contributed by atoms with E-state index in [1.165, 1.54) is 0 Å². The molecule has 3 rings (SSSR count). The summed E-state index contributed by atoms with van der Waals surface area (Å²) in [4.78, 5) is 0. The SMILES string of the molecule is CCC(C)(C)Oc1ccc(OC(C)(C)CC)c2c(OC(C)(C)CC)c3cc(Cl)c(Cl)cc3c(OC(C)(C)CC)c12. The van der Waals surface area contributed by atoms with Gasteiger partial charge in [0.1, 0.15) is 45.4 Å². The van der Waals surface area contributed by atoms with E-state index in [1.807, 2.05) is 24.3 Å². The summed E-state index contributed by atoms with van der Waals surface area (Å²) in [6.07, 6.45) is 3.25. The van der Waals surface area contributed by atoms with E-state index in [0.717, 1.165) is 47.2 Å². The zero-order chi connectivity index (χ0) is 30.3. The summed E-state index contributed by atoms with van der Waals surface area (Å²) in [5.74, 6) is 2.77. The summed E-state index contributed by atoms with van der Waals surface area (Å²) in [6, 6.07) is 7.74. The Morgan fingerprint density at radius 1 is 0.500 bits per heavy atom. The van der Waals surface area contributed by atoms with Gasteiger partial charge in [-0.2, -0.15) is 0 Å². The molecule has 222 valence electrons. The highest BCUT2D eigenvalue weighted by Gasteiger charge is 2.32. The largest absolute Gasteiger partial charge is 0.487 e. The van der Waals surface area contributed by atoms with Crippen molar-refractivity contribution < 1.29 is 18.9 Å². The van der Waals surface area contributed by atoms with Crippen LogP contribution in [0.4, 0.5) is 0 Å². The Labute approximate surface area is 251 Å². The predicted octanol–water partition coefficient (Wildman–Crippen LogP) is 11.6. The summed E-state index contributed by atoms with van der Waals surface area (Å²) < 4.78 is 27.2. The van der Waals surface area contributed by atoms with Crippen molar-refractivity contribution in [1.82, 2.24) is 0 Å². The summed E-state index contributed by atoms with van der Waals surface area (Å²) >= 11 is 13.3. The van der Waals surface area contributed by atoms with Gasteiger partial charge in [-0.25, -0.2) is 0 Å². The Balaban J connectivity index is 2.68. The molecule has 0 amide bonds. The average Bonchev–Trinajstić information content (AvgIpc) is 2.87. The second kappa shape index (κ2) is 11.7. The molecule has 4 nitrogen and oxygen atoms in total. The van der Waals surface area contributed by atoms with Gasteiger partial charge in [-0.3, -0.25) is 0 Å². The Morgan fingerprint density at radius 3 is 1.05 bits per heavy atom. The smallest absolute Gasteiger partial charge is 0.139 e. The van der Waals surface area contributed by atoms with Gasteiger partial charge in [0.15, 0.2) is 0 Å². The minimum atomic E-state index is -0.464. The van der Waals surface area contributed by atoms with E-state index in [2.05, 4.69) is 83.1 Å². The van der Waals surface area contributed by atoms with Crippen molar-refractivity contribution in [3.63, 3.8) is 0 Å². The highest BCUT2D eigenvalue weighted by atomic mass is 35.5. The van der Waals surface area contributed by atoms with Gasteiger partial charge >= 0.3 is 0 Å². The van der Waals surface area contributed by atoms with Crippen LogP contribution in [0.5, 0.6) is 23.0 Å². The topological polar surface area (TPSA) is 36.9 Å².